The summed E-state index contributed by atoms with van der Waals surface area (Å²) in [4.78, 5) is 13.1. The van der Waals surface area contributed by atoms with Crippen LogP contribution in [0.25, 0.3) is 6.08 Å². The van der Waals surface area contributed by atoms with Gasteiger partial charge in [0, 0.05) is 30.4 Å². The molecule has 1 aromatic rings. The number of nitrogens with zero attached hydrogens (tertiary/aromatic N) is 2. The number of rotatable bonds is 4. The molecule has 0 aliphatic carbocycles. The molecular formula is C15H16N2O3. The highest BCUT2D eigenvalue weighted by atomic mass is 16.5. The predicted molar refractivity (Wildman–Crippen MR) is 75.7 cm³/mol. The summed E-state index contributed by atoms with van der Waals surface area (Å²) in [5.74, 6) is -0.665. The summed E-state index contributed by atoms with van der Waals surface area (Å²) >= 11 is 0. The van der Waals surface area contributed by atoms with E-state index in [-0.39, 0.29) is 5.57 Å². The monoisotopic (exact) mass is 272 g/mol. The number of carboxylic acid groups (broad SMARTS) is 1. The Balaban J connectivity index is 2.35. The third-order valence-corrected chi connectivity index (χ3v) is 3.34. The van der Waals surface area contributed by atoms with Crippen LogP contribution in [-0.4, -0.2) is 31.3 Å². The minimum atomic E-state index is -1.24. The Morgan fingerprint density at radius 2 is 2.15 bits per heavy atom. The van der Waals surface area contributed by atoms with Gasteiger partial charge in [0.15, 0.2) is 0 Å². The van der Waals surface area contributed by atoms with E-state index in [0.717, 1.165) is 18.8 Å². The second-order valence-corrected chi connectivity index (χ2v) is 4.60. The first-order chi connectivity index (χ1) is 9.65. The zero-order chi connectivity index (χ0) is 14.5. The molecule has 104 valence electrons. The lowest BCUT2D eigenvalue weighted by molar-refractivity contribution is -0.132. The van der Waals surface area contributed by atoms with E-state index in [4.69, 9.17) is 15.1 Å². The number of hydrogen-bond acceptors (Lipinski definition) is 4. The first-order valence-corrected chi connectivity index (χ1v) is 6.44. The van der Waals surface area contributed by atoms with Gasteiger partial charge in [0.25, 0.3) is 0 Å². The smallest absolute Gasteiger partial charge is 0.346 e. The fourth-order valence-corrected chi connectivity index (χ4v) is 2.29. The molecule has 1 aromatic carbocycles. The van der Waals surface area contributed by atoms with Crippen molar-refractivity contribution in [2.45, 2.75) is 12.8 Å². The number of nitriles is 1. The maximum absolute atomic E-state index is 10.9. The maximum atomic E-state index is 10.9. The number of carbonyl (C=O) groups is 1. The minimum absolute atomic E-state index is 0.308. The predicted octanol–water partition coefficient (Wildman–Crippen LogP) is 2.29. The topological polar surface area (TPSA) is 73.6 Å². The largest absolute Gasteiger partial charge is 0.496 e. The zero-order valence-electron chi connectivity index (χ0n) is 11.3. The Labute approximate surface area is 117 Å². The Morgan fingerprint density at radius 1 is 1.45 bits per heavy atom. The molecule has 0 spiro atoms. The van der Waals surface area contributed by atoms with Crippen molar-refractivity contribution < 1.29 is 14.6 Å². The van der Waals surface area contributed by atoms with Gasteiger partial charge in [0.2, 0.25) is 0 Å². The van der Waals surface area contributed by atoms with Gasteiger partial charge in [0.05, 0.1) is 7.11 Å². The summed E-state index contributed by atoms with van der Waals surface area (Å²) in [5, 5.41) is 17.7. The molecule has 0 aromatic heterocycles. The van der Waals surface area contributed by atoms with Crippen LogP contribution in [0, 0.1) is 11.3 Å². The SMILES string of the molecule is COc1cc(N2CCCC2)ccc1/C=C(\C#N)C(=O)O. The van der Waals surface area contributed by atoms with Crippen LogP contribution < -0.4 is 9.64 Å². The van der Waals surface area contributed by atoms with Crippen molar-refractivity contribution in [1.82, 2.24) is 0 Å². The number of anilines is 1. The van der Waals surface area contributed by atoms with Crippen LogP contribution in [0.5, 0.6) is 5.75 Å². The molecule has 5 heteroatoms. The molecule has 1 heterocycles. The van der Waals surface area contributed by atoms with E-state index in [1.807, 2.05) is 12.1 Å². The summed E-state index contributed by atoms with van der Waals surface area (Å²) < 4.78 is 5.30. The van der Waals surface area contributed by atoms with E-state index in [9.17, 15) is 4.79 Å². The number of aliphatic carboxylic acids is 1. The average Bonchev–Trinajstić information content (AvgIpc) is 2.98. The van der Waals surface area contributed by atoms with Crippen LogP contribution in [0.3, 0.4) is 0 Å². The Bertz CT molecular complexity index is 581. The lowest BCUT2D eigenvalue weighted by Gasteiger charge is -2.19. The van der Waals surface area contributed by atoms with Crippen molar-refractivity contribution in [1.29, 1.82) is 5.26 Å². The third-order valence-electron chi connectivity index (χ3n) is 3.34. The third kappa shape index (κ3) is 2.91. The summed E-state index contributed by atoms with van der Waals surface area (Å²) in [6.45, 7) is 2.05. The summed E-state index contributed by atoms with van der Waals surface area (Å²) in [6.07, 6.45) is 3.69. The fraction of sp³-hybridized carbons (Fsp3) is 0.333. The van der Waals surface area contributed by atoms with Crippen molar-refractivity contribution in [2.24, 2.45) is 0 Å². The minimum Gasteiger partial charge on any atom is -0.496 e. The standard InChI is InChI=1S/C15H16N2O3/c1-20-14-9-13(17-6-2-3-7-17)5-4-11(14)8-12(10-16)15(18)19/h4-5,8-9H,2-3,6-7H2,1H3,(H,18,19)/b12-8+. The van der Waals surface area contributed by atoms with E-state index < -0.39 is 5.97 Å². The molecule has 2 rings (SSSR count). The molecule has 1 fully saturated rings. The van der Waals surface area contributed by atoms with Gasteiger partial charge >= 0.3 is 5.97 Å². The molecule has 1 aliphatic heterocycles. The molecule has 0 amide bonds. The van der Waals surface area contributed by atoms with Gasteiger partial charge in [-0.2, -0.15) is 5.26 Å². The summed E-state index contributed by atoms with van der Waals surface area (Å²) in [5.41, 5.74) is 1.34. The Morgan fingerprint density at radius 3 is 2.70 bits per heavy atom. The van der Waals surface area contributed by atoms with Gasteiger partial charge in [0.1, 0.15) is 17.4 Å². The zero-order valence-corrected chi connectivity index (χ0v) is 11.3. The van der Waals surface area contributed by atoms with Crippen LogP contribution in [0.2, 0.25) is 0 Å². The molecule has 20 heavy (non-hydrogen) atoms. The molecule has 0 unspecified atom stereocenters. The average molecular weight is 272 g/mol. The van der Waals surface area contributed by atoms with E-state index >= 15 is 0 Å². The van der Waals surface area contributed by atoms with Crippen molar-refractivity contribution in [3.63, 3.8) is 0 Å². The van der Waals surface area contributed by atoms with Crippen LogP contribution in [0.1, 0.15) is 18.4 Å². The Kier molecular flexibility index (Phi) is 4.26. The fourth-order valence-electron chi connectivity index (χ4n) is 2.29. The van der Waals surface area contributed by atoms with E-state index in [0.29, 0.717) is 11.3 Å². The van der Waals surface area contributed by atoms with Crippen molar-refractivity contribution in [3.05, 3.63) is 29.3 Å². The number of carboxylic acids is 1. The van der Waals surface area contributed by atoms with Gasteiger partial charge < -0.3 is 14.7 Å². The number of hydrogen-bond donors (Lipinski definition) is 1. The molecule has 5 nitrogen and oxygen atoms in total. The number of benzene rings is 1. The first-order valence-electron chi connectivity index (χ1n) is 6.44. The van der Waals surface area contributed by atoms with E-state index in [2.05, 4.69) is 4.90 Å². The summed E-state index contributed by atoms with van der Waals surface area (Å²) in [6, 6.07) is 7.26. The second-order valence-electron chi connectivity index (χ2n) is 4.60. The second kappa shape index (κ2) is 6.11. The van der Waals surface area contributed by atoms with Gasteiger partial charge in [-0.15, -0.1) is 0 Å². The van der Waals surface area contributed by atoms with Crippen LogP contribution in [-0.2, 0) is 4.79 Å². The number of ether oxygens (including phenoxy) is 1. The van der Waals surface area contributed by atoms with E-state index in [1.165, 1.54) is 26.0 Å². The molecule has 0 atom stereocenters. The molecule has 0 radical (unpaired) electrons. The molecule has 1 aliphatic rings. The molecule has 0 saturated carbocycles. The van der Waals surface area contributed by atoms with Gasteiger partial charge in [-0.3, -0.25) is 0 Å². The highest BCUT2D eigenvalue weighted by Gasteiger charge is 2.15. The lowest BCUT2D eigenvalue weighted by atomic mass is 10.1. The quantitative estimate of drug-likeness (QED) is 0.672. The van der Waals surface area contributed by atoms with E-state index in [1.54, 1.807) is 12.1 Å². The highest BCUT2D eigenvalue weighted by molar-refractivity contribution is 5.97. The van der Waals surface area contributed by atoms with Gasteiger partial charge in [-0.25, -0.2) is 4.79 Å². The van der Waals surface area contributed by atoms with Crippen molar-refractivity contribution in [2.75, 3.05) is 25.1 Å². The highest BCUT2D eigenvalue weighted by Crippen LogP contribution is 2.29. The van der Waals surface area contributed by atoms with Crippen LogP contribution in [0.4, 0.5) is 5.69 Å². The molecular weight excluding hydrogens is 256 g/mol. The molecule has 0 bridgehead atoms. The molecule has 1 N–H and O–H groups in total. The lowest BCUT2D eigenvalue weighted by Crippen LogP contribution is -2.17. The van der Waals surface area contributed by atoms with Crippen LogP contribution in [0.15, 0.2) is 23.8 Å². The summed E-state index contributed by atoms with van der Waals surface area (Å²) in [7, 11) is 1.53. The van der Waals surface area contributed by atoms with Gasteiger partial charge in [-0.05, 0) is 31.1 Å². The number of methoxy groups -OCH3 is 1. The normalized spacial score (nSPS) is 15.0. The Hall–Kier alpha value is -2.48. The van der Waals surface area contributed by atoms with Crippen LogP contribution >= 0.6 is 0 Å². The first kappa shape index (κ1) is 13.9. The van der Waals surface area contributed by atoms with Crippen molar-refractivity contribution in [3.8, 4) is 11.8 Å². The van der Waals surface area contributed by atoms with Gasteiger partial charge in [-0.1, -0.05) is 0 Å². The maximum Gasteiger partial charge on any atom is 0.346 e. The molecule has 1 saturated heterocycles. The van der Waals surface area contributed by atoms with Crippen molar-refractivity contribution >= 4 is 17.7 Å².